The topological polar surface area (TPSA) is 78.9 Å². The van der Waals surface area contributed by atoms with E-state index in [2.05, 4.69) is 45.1 Å². The Hall–Kier alpha value is -2.11. The number of allylic oxidation sites excluding steroid dienone is 4. The van der Waals surface area contributed by atoms with Crippen molar-refractivity contribution in [1.82, 2.24) is 0 Å². The zero-order valence-corrected chi connectivity index (χ0v) is 43.8. The van der Waals surface area contributed by atoms with Crippen LogP contribution in [-0.4, -0.2) is 37.2 Å². The molecule has 65 heavy (non-hydrogen) atoms. The molecule has 0 N–H and O–H groups in total. The van der Waals surface area contributed by atoms with E-state index in [0.717, 1.165) is 70.6 Å². The minimum atomic E-state index is -0.770. The highest BCUT2D eigenvalue weighted by atomic mass is 16.6. The highest BCUT2D eigenvalue weighted by molar-refractivity contribution is 5.71. The summed E-state index contributed by atoms with van der Waals surface area (Å²) in [5.74, 6) is -0.855. The minimum Gasteiger partial charge on any atom is -0.462 e. The molecular weight excluding hydrogens is 805 g/mol. The predicted octanol–water partition coefficient (Wildman–Crippen LogP) is 19.1. The lowest BCUT2D eigenvalue weighted by Gasteiger charge is -2.18. The van der Waals surface area contributed by atoms with Crippen LogP contribution in [0.25, 0.3) is 0 Å². The molecule has 0 spiro atoms. The van der Waals surface area contributed by atoms with E-state index < -0.39 is 6.10 Å². The fourth-order valence-corrected chi connectivity index (χ4v) is 8.59. The summed E-state index contributed by atoms with van der Waals surface area (Å²) in [6.07, 6.45) is 63.0. The lowest BCUT2D eigenvalue weighted by Crippen LogP contribution is -2.30. The molecule has 0 aliphatic heterocycles. The van der Waals surface area contributed by atoms with E-state index in [-0.39, 0.29) is 31.1 Å². The van der Waals surface area contributed by atoms with Gasteiger partial charge in [-0.1, -0.05) is 270 Å². The number of carbonyl (C=O) groups is 3. The van der Waals surface area contributed by atoms with Crippen LogP contribution in [0.1, 0.15) is 316 Å². The quantitative estimate of drug-likeness (QED) is 0.0262. The first-order valence-electron chi connectivity index (χ1n) is 28.8. The van der Waals surface area contributed by atoms with Crippen LogP contribution >= 0.6 is 0 Å². The standard InChI is InChI=1S/C59H110O6/c1-4-7-10-13-16-19-22-25-27-29-31-34-37-40-43-46-49-52-58(61)64-55-56(54-63-57(60)51-48-45-42-39-36-33-24-21-18-15-12-9-6-3)65-59(62)53-50-47-44-41-38-35-32-30-28-26-23-20-17-14-11-8-5-2/h17,20,26,28,56H,4-16,18-19,21-25,27,29-55H2,1-3H3/b20-17-,28-26-/t56-/m0/s1. The smallest absolute Gasteiger partial charge is 0.306 e. The molecule has 0 amide bonds. The average molecular weight is 916 g/mol. The Bertz CT molecular complexity index is 1050. The van der Waals surface area contributed by atoms with Crippen molar-refractivity contribution < 1.29 is 28.6 Å². The van der Waals surface area contributed by atoms with Crippen LogP contribution < -0.4 is 0 Å². The maximum absolute atomic E-state index is 12.8. The molecule has 0 rings (SSSR count). The maximum atomic E-state index is 12.8. The Labute approximate surface area is 404 Å². The molecule has 0 heterocycles. The van der Waals surface area contributed by atoms with E-state index in [9.17, 15) is 14.4 Å². The van der Waals surface area contributed by atoms with Crippen molar-refractivity contribution in [3.05, 3.63) is 24.3 Å². The van der Waals surface area contributed by atoms with E-state index in [1.54, 1.807) is 0 Å². The second kappa shape index (κ2) is 54.5. The van der Waals surface area contributed by atoms with Crippen LogP contribution in [0.3, 0.4) is 0 Å². The van der Waals surface area contributed by atoms with Crippen molar-refractivity contribution in [2.24, 2.45) is 0 Å². The normalized spacial score (nSPS) is 12.1. The molecule has 0 unspecified atom stereocenters. The number of carbonyl (C=O) groups excluding carboxylic acids is 3. The van der Waals surface area contributed by atoms with E-state index in [1.165, 1.54) is 205 Å². The number of hydrogen-bond acceptors (Lipinski definition) is 6. The molecule has 382 valence electrons. The monoisotopic (exact) mass is 915 g/mol. The van der Waals surface area contributed by atoms with Gasteiger partial charge >= 0.3 is 17.9 Å². The van der Waals surface area contributed by atoms with E-state index in [4.69, 9.17) is 14.2 Å². The van der Waals surface area contributed by atoms with Crippen molar-refractivity contribution in [1.29, 1.82) is 0 Å². The van der Waals surface area contributed by atoms with E-state index >= 15 is 0 Å². The summed E-state index contributed by atoms with van der Waals surface area (Å²) >= 11 is 0. The van der Waals surface area contributed by atoms with Crippen molar-refractivity contribution in [2.75, 3.05) is 13.2 Å². The lowest BCUT2D eigenvalue weighted by atomic mass is 10.0. The van der Waals surface area contributed by atoms with Crippen LogP contribution in [0, 0.1) is 0 Å². The van der Waals surface area contributed by atoms with Crippen molar-refractivity contribution in [3.63, 3.8) is 0 Å². The molecule has 0 saturated heterocycles. The van der Waals surface area contributed by atoms with Gasteiger partial charge in [0.1, 0.15) is 13.2 Å². The Morgan fingerprint density at radius 2 is 0.554 bits per heavy atom. The van der Waals surface area contributed by atoms with Crippen molar-refractivity contribution >= 4 is 17.9 Å². The molecule has 0 aromatic rings. The first-order chi connectivity index (χ1) is 32.0. The summed E-state index contributed by atoms with van der Waals surface area (Å²) in [5.41, 5.74) is 0. The second-order valence-electron chi connectivity index (χ2n) is 19.6. The molecule has 0 radical (unpaired) electrons. The summed E-state index contributed by atoms with van der Waals surface area (Å²) in [6.45, 7) is 6.66. The molecule has 6 heteroatoms. The fourth-order valence-electron chi connectivity index (χ4n) is 8.59. The summed E-state index contributed by atoms with van der Waals surface area (Å²) in [7, 11) is 0. The SMILES string of the molecule is CCCCC/C=C\C/C=C\CCCCCCCCCC(=O)O[C@@H](COC(=O)CCCCCCCCCCCCCCC)COC(=O)CCCCCCCCCCCCCCCCCCC. The van der Waals surface area contributed by atoms with Gasteiger partial charge in [-0.25, -0.2) is 0 Å². The number of esters is 3. The van der Waals surface area contributed by atoms with Gasteiger partial charge in [-0.15, -0.1) is 0 Å². The first kappa shape index (κ1) is 62.9. The van der Waals surface area contributed by atoms with Crippen LogP contribution in [-0.2, 0) is 28.6 Å². The lowest BCUT2D eigenvalue weighted by molar-refractivity contribution is -0.167. The van der Waals surface area contributed by atoms with E-state index in [1.807, 2.05) is 0 Å². The molecule has 1 atom stereocenters. The van der Waals surface area contributed by atoms with Gasteiger partial charge in [0, 0.05) is 19.3 Å². The summed E-state index contributed by atoms with van der Waals surface area (Å²) in [6, 6.07) is 0. The Kier molecular flexibility index (Phi) is 52.7. The van der Waals surface area contributed by atoms with Crippen molar-refractivity contribution in [2.45, 2.75) is 322 Å². The van der Waals surface area contributed by atoms with Crippen LogP contribution in [0.15, 0.2) is 24.3 Å². The Morgan fingerprint density at radius 1 is 0.308 bits per heavy atom. The third-order valence-electron chi connectivity index (χ3n) is 13.0. The third-order valence-corrected chi connectivity index (χ3v) is 13.0. The predicted molar refractivity (Wildman–Crippen MR) is 279 cm³/mol. The Morgan fingerprint density at radius 3 is 0.877 bits per heavy atom. The van der Waals surface area contributed by atoms with Gasteiger partial charge in [-0.05, 0) is 51.4 Å². The molecule has 6 nitrogen and oxygen atoms in total. The van der Waals surface area contributed by atoms with Crippen molar-refractivity contribution in [3.8, 4) is 0 Å². The van der Waals surface area contributed by atoms with Crippen LogP contribution in [0.4, 0.5) is 0 Å². The summed E-state index contributed by atoms with van der Waals surface area (Å²) < 4.78 is 16.9. The number of ether oxygens (including phenoxy) is 3. The third kappa shape index (κ3) is 52.7. The molecule has 0 aromatic carbocycles. The molecule has 0 saturated carbocycles. The molecule has 0 bridgehead atoms. The molecule has 0 fully saturated rings. The molecular formula is C59H110O6. The van der Waals surface area contributed by atoms with E-state index in [0.29, 0.717) is 19.3 Å². The van der Waals surface area contributed by atoms with Gasteiger partial charge in [0.2, 0.25) is 0 Å². The fraction of sp³-hybridized carbons (Fsp3) is 0.881. The minimum absolute atomic E-state index is 0.0690. The zero-order chi connectivity index (χ0) is 47.2. The molecule has 0 aliphatic carbocycles. The highest BCUT2D eigenvalue weighted by Crippen LogP contribution is 2.17. The number of rotatable bonds is 53. The maximum Gasteiger partial charge on any atom is 0.306 e. The first-order valence-corrected chi connectivity index (χ1v) is 28.8. The van der Waals surface area contributed by atoms with Gasteiger partial charge < -0.3 is 14.2 Å². The second-order valence-corrected chi connectivity index (χ2v) is 19.6. The van der Waals surface area contributed by atoms with Gasteiger partial charge in [-0.3, -0.25) is 14.4 Å². The zero-order valence-electron chi connectivity index (χ0n) is 43.8. The highest BCUT2D eigenvalue weighted by Gasteiger charge is 2.19. The van der Waals surface area contributed by atoms with Crippen LogP contribution in [0.5, 0.6) is 0 Å². The van der Waals surface area contributed by atoms with Gasteiger partial charge in [-0.2, -0.15) is 0 Å². The van der Waals surface area contributed by atoms with Gasteiger partial charge in [0.05, 0.1) is 0 Å². The molecule has 0 aromatic heterocycles. The average Bonchev–Trinajstić information content (AvgIpc) is 3.30. The number of hydrogen-bond donors (Lipinski definition) is 0. The largest absolute Gasteiger partial charge is 0.462 e. The summed E-state index contributed by atoms with van der Waals surface area (Å²) in [4.78, 5) is 38.1. The number of unbranched alkanes of at least 4 members (excludes halogenated alkanes) is 38. The van der Waals surface area contributed by atoms with Gasteiger partial charge in [0.15, 0.2) is 6.10 Å². The Balaban J connectivity index is 4.33. The van der Waals surface area contributed by atoms with Gasteiger partial charge in [0.25, 0.3) is 0 Å². The van der Waals surface area contributed by atoms with Crippen LogP contribution in [0.2, 0.25) is 0 Å². The summed E-state index contributed by atoms with van der Waals surface area (Å²) in [5, 5.41) is 0. The molecule has 0 aliphatic rings.